The van der Waals surface area contributed by atoms with Crippen LogP contribution in [0.4, 0.5) is 13.2 Å². The van der Waals surface area contributed by atoms with Gasteiger partial charge in [0.1, 0.15) is 12.4 Å². The van der Waals surface area contributed by atoms with Crippen LogP contribution in [0, 0.1) is 0 Å². The van der Waals surface area contributed by atoms with Gasteiger partial charge in [0.2, 0.25) is 0 Å². The maximum atomic E-state index is 13.0. The molecule has 0 aliphatic carbocycles. The number of benzene rings is 1. The molecule has 2 N–H and O–H groups in total. The van der Waals surface area contributed by atoms with Crippen molar-refractivity contribution in [2.24, 2.45) is 5.73 Å². The molecule has 1 aromatic rings. The highest BCUT2D eigenvalue weighted by Gasteiger charge is 2.34. The summed E-state index contributed by atoms with van der Waals surface area (Å²) in [6.45, 7) is 2.21. The van der Waals surface area contributed by atoms with E-state index in [9.17, 15) is 13.2 Å². The Kier molecular flexibility index (Phi) is 6.29. The second kappa shape index (κ2) is 7.50. The largest absolute Gasteiger partial charge is 0.491 e. The molecule has 0 saturated carbocycles. The molecule has 0 spiro atoms. The average molecular weight is 291 g/mol. The summed E-state index contributed by atoms with van der Waals surface area (Å²) in [7, 11) is 1.46. The van der Waals surface area contributed by atoms with Crippen molar-refractivity contribution in [2.45, 2.75) is 32.0 Å². The molecule has 0 amide bonds. The zero-order valence-electron chi connectivity index (χ0n) is 11.7. The number of methoxy groups -OCH3 is 1. The van der Waals surface area contributed by atoms with Crippen LogP contribution in [-0.4, -0.2) is 26.4 Å². The Morgan fingerprint density at radius 3 is 2.50 bits per heavy atom. The number of alkyl halides is 3. The summed E-state index contributed by atoms with van der Waals surface area (Å²) in [6, 6.07) is 3.93. The van der Waals surface area contributed by atoms with Gasteiger partial charge in [-0.05, 0) is 30.5 Å². The summed E-state index contributed by atoms with van der Waals surface area (Å²) in [5.41, 5.74) is 5.56. The molecule has 0 saturated heterocycles. The zero-order chi connectivity index (χ0) is 15.2. The molecule has 0 radical (unpaired) electrons. The second-order valence-electron chi connectivity index (χ2n) is 4.54. The van der Waals surface area contributed by atoms with Gasteiger partial charge in [0.05, 0.1) is 12.2 Å². The Hall–Kier alpha value is -1.27. The third kappa shape index (κ3) is 5.02. The molecule has 3 nitrogen and oxygen atoms in total. The van der Waals surface area contributed by atoms with E-state index < -0.39 is 11.7 Å². The molecule has 114 valence electrons. The fourth-order valence-electron chi connectivity index (χ4n) is 1.73. The van der Waals surface area contributed by atoms with Crippen LogP contribution < -0.4 is 10.5 Å². The van der Waals surface area contributed by atoms with E-state index in [1.54, 1.807) is 6.07 Å². The van der Waals surface area contributed by atoms with Crippen molar-refractivity contribution < 1.29 is 22.6 Å². The molecule has 0 fully saturated rings. The summed E-state index contributed by atoms with van der Waals surface area (Å²) in [6.07, 6.45) is -3.32. The van der Waals surface area contributed by atoms with Crippen molar-refractivity contribution in [2.75, 3.05) is 20.3 Å². The molecular formula is C14H20F3NO2. The summed E-state index contributed by atoms with van der Waals surface area (Å²) >= 11 is 0. The molecule has 20 heavy (non-hydrogen) atoms. The molecule has 1 atom stereocenters. The van der Waals surface area contributed by atoms with Crippen molar-refractivity contribution in [1.29, 1.82) is 0 Å². The van der Waals surface area contributed by atoms with Gasteiger partial charge in [-0.1, -0.05) is 13.0 Å². The first-order valence-corrected chi connectivity index (χ1v) is 6.46. The second-order valence-corrected chi connectivity index (χ2v) is 4.54. The molecule has 0 aromatic heterocycles. The third-order valence-corrected chi connectivity index (χ3v) is 2.92. The lowest BCUT2D eigenvalue weighted by molar-refractivity contribution is -0.139. The van der Waals surface area contributed by atoms with Gasteiger partial charge in [-0.2, -0.15) is 13.2 Å². The average Bonchev–Trinajstić information content (AvgIpc) is 2.39. The van der Waals surface area contributed by atoms with Gasteiger partial charge in [0.25, 0.3) is 0 Å². The summed E-state index contributed by atoms with van der Waals surface area (Å²) in [5.74, 6) is -0.177. The van der Waals surface area contributed by atoms with Gasteiger partial charge in [0.15, 0.2) is 0 Å². The van der Waals surface area contributed by atoms with E-state index in [1.165, 1.54) is 13.2 Å². The summed E-state index contributed by atoms with van der Waals surface area (Å²) < 4.78 is 48.9. The van der Waals surface area contributed by atoms with Crippen LogP contribution in [0.5, 0.6) is 5.75 Å². The quantitative estimate of drug-likeness (QED) is 0.785. The van der Waals surface area contributed by atoms with Crippen LogP contribution in [0.2, 0.25) is 0 Å². The Labute approximate surface area is 116 Å². The predicted molar refractivity (Wildman–Crippen MR) is 70.8 cm³/mol. The highest BCUT2D eigenvalue weighted by molar-refractivity contribution is 5.39. The van der Waals surface area contributed by atoms with Crippen molar-refractivity contribution in [1.82, 2.24) is 0 Å². The van der Waals surface area contributed by atoms with E-state index in [0.717, 1.165) is 6.07 Å². The van der Waals surface area contributed by atoms with Crippen molar-refractivity contribution in [3.63, 3.8) is 0 Å². The van der Waals surface area contributed by atoms with Crippen LogP contribution in [-0.2, 0) is 17.3 Å². The van der Waals surface area contributed by atoms with E-state index in [-0.39, 0.29) is 25.0 Å². The molecular weight excluding hydrogens is 271 g/mol. The maximum Gasteiger partial charge on any atom is 0.419 e. The molecule has 0 heterocycles. The first-order chi connectivity index (χ1) is 9.38. The Morgan fingerprint density at radius 2 is 1.95 bits per heavy atom. The number of nitrogens with two attached hydrogens (primary N) is 1. The first kappa shape index (κ1) is 16.8. The number of halogens is 3. The van der Waals surface area contributed by atoms with Gasteiger partial charge in [0, 0.05) is 13.2 Å². The number of ether oxygens (including phenoxy) is 2. The van der Waals surface area contributed by atoms with Crippen molar-refractivity contribution >= 4 is 0 Å². The van der Waals surface area contributed by atoms with E-state index in [4.69, 9.17) is 15.2 Å². The minimum Gasteiger partial charge on any atom is -0.491 e. The lowest BCUT2D eigenvalue weighted by Crippen LogP contribution is -2.21. The zero-order valence-corrected chi connectivity index (χ0v) is 11.7. The molecule has 0 aliphatic heterocycles. The van der Waals surface area contributed by atoms with Crippen LogP contribution >= 0.6 is 0 Å². The standard InChI is InChI=1S/C14H20F3NO2/c1-3-11(18)8-10-4-5-13(20-7-6-19-2)12(9-10)14(15,16)17/h4-5,9,11H,3,6-8,18H2,1-2H3. The van der Waals surface area contributed by atoms with E-state index >= 15 is 0 Å². The normalized spacial score (nSPS) is 13.3. The van der Waals surface area contributed by atoms with Crippen molar-refractivity contribution in [3.05, 3.63) is 29.3 Å². The number of rotatable bonds is 7. The monoisotopic (exact) mass is 291 g/mol. The first-order valence-electron chi connectivity index (χ1n) is 6.46. The molecule has 1 unspecified atom stereocenters. The molecule has 0 aliphatic rings. The van der Waals surface area contributed by atoms with Crippen molar-refractivity contribution in [3.8, 4) is 5.75 Å². The van der Waals surface area contributed by atoms with Crippen LogP contribution in [0.15, 0.2) is 18.2 Å². The lowest BCUT2D eigenvalue weighted by Gasteiger charge is -2.16. The van der Waals surface area contributed by atoms with E-state index in [0.29, 0.717) is 18.4 Å². The lowest BCUT2D eigenvalue weighted by atomic mass is 10.0. The van der Waals surface area contributed by atoms with E-state index in [2.05, 4.69) is 0 Å². The summed E-state index contributed by atoms with van der Waals surface area (Å²) in [5, 5.41) is 0. The molecule has 1 aromatic carbocycles. The number of hydrogen-bond acceptors (Lipinski definition) is 3. The fourth-order valence-corrected chi connectivity index (χ4v) is 1.73. The fraction of sp³-hybridized carbons (Fsp3) is 0.571. The van der Waals surface area contributed by atoms with Gasteiger partial charge in [-0.15, -0.1) is 0 Å². The minimum atomic E-state index is -4.45. The Balaban J connectivity index is 2.95. The van der Waals surface area contributed by atoms with E-state index in [1.807, 2.05) is 6.92 Å². The van der Waals surface area contributed by atoms with Gasteiger partial charge >= 0.3 is 6.18 Å². The van der Waals surface area contributed by atoms with Crippen LogP contribution in [0.25, 0.3) is 0 Å². The molecule has 1 rings (SSSR count). The molecule has 0 bridgehead atoms. The third-order valence-electron chi connectivity index (χ3n) is 2.92. The predicted octanol–water partition coefficient (Wildman–Crippen LogP) is 3.01. The topological polar surface area (TPSA) is 44.5 Å². The maximum absolute atomic E-state index is 13.0. The Bertz CT molecular complexity index is 421. The smallest absolute Gasteiger partial charge is 0.419 e. The minimum absolute atomic E-state index is 0.0768. The summed E-state index contributed by atoms with van der Waals surface area (Å²) in [4.78, 5) is 0. The SMILES string of the molecule is CCC(N)Cc1ccc(OCCOC)c(C(F)(F)F)c1. The van der Waals surface area contributed by atoms with Gasteiger partial charge in [-0.25, -0.2) is 0 Å². The molecule has 6 heteroatoms. The number of hydrogen-bond donors (Lipinski definition) is 1. The highest BCUT2D eigenvalue weighted by Crippen LogP contribution is 2.37. The highest BCUT2D eigenvalue weighted by atomic mass is 19.4. The van der Waals surface area contributed by atoms with Gasteiger partial charge < -0.3 is 15.2 Å². The van der Waals surface area contributed by atoms with Crippen LogP contribution in [0.3, 0.4) is 0 Å². The van der Waals surface area contributed by atoms with Crippen LogP contribution in [0.1, 0.15) is 24.5 Å². The Morgan fingerprint density at radius 1 is 1.25 bits per heavy atom. The van der Waals surface area contributed by atoms with Gasteiger partial charge in [-0.3, -0.25) is 0 Å².